The first kappa shape index (κ1) is 14.9. The van der Waals surface area contributed by atoms with E-state index in [1.807, 2.05) is 0 Å². The minimum absolute atomic E-state index is 0.234. The van der Waals surface area contributed by atoms with Crippen LogP contribution >= 0.6 is 11.8 Å². The summed E-state index contributed by atoms with van der Waals surface area (Å²) in [4.78, 5) is 24.1. The van der Waals surface area contributed by atoms with Gasteiger partial charge in [0.2, 0.25) is 0 Å². The van der Waals surface area contributed by atoms with Crippen LogP contribution in [0.15, 0.2) is 28.5 Å². The molecule has 9 heteroatoms. The lowest BCUT2D eigenvalue weighted by Crippen LogP contribution is -2.08. The van der Waals surface area contributed by atoms with E-state index in [9.17, 15) is 4.79 Å². The fourth-order valence-electron chi connectivity index (χ4n) is 1.50. The number of carbonyl (C=O) groups excluding carboxylic acids is 1. The summed E-state index contributed by atoms with van der Waals surface area (Å²) in [6, 6.07) is 2.93. The van der Waals surface area contributed by atoms with Crippen molar-refractivity contribution >= 4 is 35.1 Å². The third kappa shape index (κ3) is 3.72. The molecule has 21 heavy (non-hydrogen) atoms. The summed E-state index contributed by atoms with van der Waals surface area (Å²) in [5, 5.41) is 0.656. The Morgan fingerprint density at radius 1 is 1.24 bits per heavy atom. The van der Waals surface area contributed by atoms with Gasteiger partial charge in [-0.15, -0.1) is 0 Å². The number of carbonyl (C=O) groups is 1. The maximum atomic E-state index is 11.9. The second kappa shape index (κ2) is 6.27. The number of hydrogen-bond acceptors (Lipinski definition) is 9. The second-order valence-corrected chi connectivity index (χ2v) is 4.90. The quantitative estimate of drug-likeness (QED) is 0.555. The molecule has 2 aromatic rings. The summed E-state index contributed by atoms with van der Waals surface area (Å²) < 4.78 is 4.97. The highest BCUT2D eigenvalue weighted by molar-refractivity contribution is 7.99. The van der Waals surface area contributed by atoms with Gasteiger partial charge in [-0.05, 0) is 24.8 Å². The molecule has 0 aliphatic rings. The molecule has 0 unspecified atom stereocenters. The van der Waals surface area contributed by atoms with Crippen molar-refractivity contribution in [3.63, 3.8) is 0 Å². The number of hydrogen-bond donors (Lipinski definition) is 3. The average Bonchev–Trinajstić information content (AvgIpc) is 2.40. The van der Waals surface area contributed by atoms with Gasteiger partial charge in [-0.3, -0.25) is 0 Å². The smallest absolute Gasteiger partial charge is 0.340 e. The third-order valence-electron chi connectivity index (χ3n) is 2.30. The first-order valence-electron chi connectivity index (χ1n) is 6.00. The van der Waals surface area contributed by atoms with Crippen molar-refractivity contribution in [2.75, 3.05) is 23.8 Å². The normalized spacial score (nSPS) is 10.3. The number of pyridine rings is 1. The minimum atomic E-state index is -0.517. The largest absolute Gasteiger partial charge is 0.462 e. The average molecular weight is 306 g/mol. The molecule has 2 rings (SSSR count). The van der Waals surface area contributed by atoms with Crippen LogP contribution in [0, 0.1) is 0 Å². The van der Waals surface area contributed by atoms with Crippen molar-refractivity contribution in [2.24, 2.45) is 0 Å². The topological polar surface area (TPSA) is 143 Å². The highest BCUT2D eigenvalue weighted by Gasteiger charge is 2.17. The number of nitrogens with two attached hydrogens (primary N) is 3. The molecule has 0 aliphatic carbocycles. The number of ether oxygens (including phenoxy) is 1. The molecular formula is C12H14N6O2S. The van der Waals surface area contributed by atoms with Gasteiger partial charge in [-0.25, -0.2) is 19.7 Å². The molecule has 0 fully saturated rings. The number of anilines is 3. The Hall–Kier alpha value is -2.55. The number of esters is 1. The molecule has 0 radical (unpaired) electrons. The zero-order valence-corrected chi connectivity index (χ0v) is 12.1. The molecule has 0 aromatic carbocycles. The van der Waals surface area contributed by atoms with Gasteiger partial charge in [0.05, 0.1) is 24.1 Å². The van der Waals surface area contributed by atoms with Crippen molar-refractivity contribution in [2.45, 2.75) is 17.1 Å². The molecular weight excluding hydrogens is 292 g/mol. The Balaban J connectivity index is 2.37. The third-order valence-corrected chi connectivity index (χ3v) is 3.18. The van der Waals surface area contributed by atoms with Gasteiger partial charge in [-0.2, -0.15) is 0 Å². The Kier molecular flexibility index (Phi) is 4.43. The molecule has 2 heterocycles. The molecule has 0 amide bonds. The predicted octanol–water partition coefficient (Wildman–Crippen LogP) is 0.946. The fraction of sp³-hybridized carbons (Fsp3) is 0.167. The van der Waals surface area contributed by atoms with Crippen LogP contribution in [0.4, 0.5) is 17.3 Å². The summed E-state index contributed by atoms with van der Waals surface area (Å²) in [7, 11) is 0. The molecule has 0 bridgehead atoms. The lowest BCUT2D eigenvalue weighted by atomic mass is 10.3. The molecule has 110 valence electrons. The van der Waals surface area contributed by atoms with E-state index in [0.717, 1.165) is 11.8 Å². The molecule has 0 spiro atoms. The van der Waals surface area contributed by atoms with Gasteiger partial charge in [0.15, 0.2) is 5.16 Å². The van der Waals surface area contributed by atoms with E-state index >= 15 is 0 Å². The van der Waals surface area contributed by atoms with Gasteiger partial charge < -0.3 is 21.9 Å². The van der Waals surface area contributed by atoms with Gasteiger partial charge in [0, 0.05) is 6.07 Å². The molecule has 0 atom stereocenters. The summed E-state index contributed by atoms with van der Waals surface area (Å²) >= 11 is 1.06. The van der Waals surface area contributed by atoms with Crippen LogP contribution in [-0.2, 0) is 4.74 Å². The Bertz CT molecular complexity index is 659. The molecule has 8 nitrogen and oxygen atoms in total. The summed E-state index contributed by atoms with van der Waals surface area (Å²) in [6.45, 7) is 1.96. The van der Waals surface area contributed by atoms with Crippen molar-refractivity contribution in [3.8, 4) is 0 Å². The highest BCUT2D eigenvalue weighted by atomic mass is 32.2. The first-order valence-corrected chi connectivity index (χ1v) is 6.81. The van der Waals surface area contributed by atoms with E-state index < -0.39 is 5.97 Å². The van der Waals surface area contributed by atoms with E-state index in [1.54, 1.807) is 6.92 Å². The number of aromatic nitrogens is 3. The molecule has 0 saturated carbocycles. The zero-order valence-electron chi connectivity index (χ0n) is 11.2. The Morgan fingerprint density at radius 3 is 2.52 bits per heavy atom. The number of nitrogen functional groups attached to an aromatic ring is 3. The number of nitrogens with zero attached hydrogens (tertiary/aromatic N) is 3. The molecule has 0 saturated heterocycles. The summed E-state index contributed by atoms with van der Waals surface area (Å²) in [5.41, 5.74) is 17.5. The van der Waals surface area contributed by atoms with Crippen molar-refractivity contribution < 1.29 is 9.53 Å². The van der Waals surface area contributed by atoms with E-state index in [0.29, 0.717) is 10.7 Å². The van der Waals surface area contributed by atoms with Crippen molar-refractivity contribution in [1.82, 2.24) is 15.0 Å². The standard InChI is InChI=1S/C12H14N6O2S/c1-2-20-11(19)7-3-6(13)5-16-10(7)21-12-17-8(14)4-9(15)18-12/h3-5H,2,13H2,1H3,(H4,14,15,17,18). The predicted molar refractivity (Wildman–Crippen MR) is 79.6 cm³/mol. The SMILES string of the molecule is CCOC(=O)c1cc(N)cnc1Sc1nc(N)cc(N)n1. The van der Waals surface area contributed by atoms with E-state index in [2.05, 4.69) is 15.0 Å². The molecule has 0 aliphatic heterocycles. The first-order chi connectivity index (χ1) is 9.99. The van der Waals surface area contributed by atoms with Crippen LogP contribution in [0.1, 0.15) is 17.3 Å². The Labute approximate surface area is 125 Å². The van der Waals surface area contributed by atoms with Crippen LogP contribution in [0.25, 0.3) is 0 Å². The van der Waals surface area contributed by atoms with Crippen molar-refractivity contribution in [1.29, 1.82) is 0 Å². The summed E-state index contributed by atoms with van der Waals surface area (Å²) in [5.74, 6) is -0.0482. The minimum Gasteiger partial charge on any atom is -0.462 e. The molecule has 6 N–H and O–H groups in total. The van der Waals surface area contributed by atoms with Gasteiger partial charge in [0.1, 0.15) is 16.7 Å². The van der Waals surface area contributed by atoms with Crippen LogP contribution in [0.2, 0.25) is 0 Å². The zero-order chi connectivity index (χ0) is 15.4. The second-order valence-electron chi connectivity index (χ2n) is 3.94. The maximum absolute atomic E-state index is 11.9. The van der Waals surface area contributed by atoms with E-state index in [4.69, 9.17) is 21.9 Å². The lowest BCUT2D eigenvalue weighted by molar-refractivity contribution is 0.0521. The fourth-order valence-corrected chi connectivity index (χ4v) is 2.33. The van der Waals surface area contributed by atoms with Crippen LogP contribution in [0.3, 0.4) is 0 Å². The monoisotopic (exact) mass is 306 g/mol. The van der Waals surface area contributed by atoms with E-state index in [-0.39, 0.29) is 29.0 Å². The van der Waals surface area contributed by atoms with Crippen LogP contribution in [0.5, 0.6) is 0 Å². The van der Waals surface area contributed by atoms with Crippen LogP contribution in [-0.4, -0.2) is 27.5 Å². The van der Waals surface area contributed by atoms with Gasteiger partial charge in [0.25, 0.3) is 0 Å². The highest BCUT2D eigenvalue weighted by Crippen LogP contribution is 2.28. The summed E-state index contributed by atoms with van der Waals surface area (Å²) in [6.07, 6.45) is 1.43. The Morgan fingerprint density at radius 2 is 1.90 bits per heavy atom. The van der Waals surface area contributed by atoms with E-state index in [1.165, 1.54) is 18.3 Å². The molecule has 2 aromatic heterocycles. The maximum Gasteiger partial charge on any atom is 0.340 e. The lowest BCUT2D eigenvalue weighted by Gasteiger charge is -2.08. The van der Waals surface area contributed by atoms with Gasteiger partial charge in [-0.1, -0.05) is 0 Å². The number of rotatable bonds is 4. The van der Waals surface area contributed by atoms with Crippen molar-refractivity contribution in [3.05, 3.63) is 23.9 Å². The van der Waals surface area contributed by atoms with Gasteiger partial charge >= 0.3 is 5.97 Å². The van der Waals surface area contributed by atoms with Crippen LogP contribution < -0.4 is 17.2 Å².